The molecule has 14 heteroatoms. The Morgan fingerprint density at radius 1 is 1.05 bits per heavy atom. The summed E-state index contributed by atoms with van der Waals surface area (Å²) in [6, 6.07) is 18.8. The first-order valence-electron chi connectivity index (χ1n) is 12.5. The Kier molecular flexibility index (Phi) is 7.31. The lowest BCUT2D eigenvalue weighted by atomic mass is 9.82. The SMILES string of the molecule is O=C(COc1ccc(Cl)cc1C1c2sc(=O)[nH]c2SC2C(=O)N(c3ccc([N+](=O)[O-])cc3)C(=O)C21)Nc1ccccc1. The number of non-ortho nitro benzene ring substituents is 1. The van der Waals surface area contributed by atoms with Gasteiger partial charge in [-0.25, -0.2) is 4.90 Å². The van der Waals surface area contributed by atoms with Crippen molar-refractivity contribution in [3.63, 3.8) is 0 Å². The van der Waals surface area contributed by atoms with Crippen LogP contribution in [0.25, 0.3) is 0 Å². The number of benzene rings is 3. The number of halogens is 1. The predicted octanol–water partition coefficient (Wildman–Crippen LogP) is 4.81. The Balaban J connectivity index is 1.37. The van der Waals surface area contributed by atoms with E-state index < -0.39 is 39.7 Å². The van der Waals surface area contributed by atoms with Crippen molar-refractivity contribution >= 4 is 69.5 Å². The number of fused-ring (bicyclic) bond motifs is 2. The molecule has 212 valence electrons. The first-order chi connectivity index (χ1) is 20.2. The molecule has 6 rings (SSSR count). The second-order valence-corrected chi connectivity index (χ2v) is 12.0. The van der Waals surface area contributed by atoms with E-state index in [0.717, 1.165) is 28.0 Å². The molecule has 42 heavy (non-hydrogen) atoms. The highest BCUT2D eigenvalue weighted by molar-refractivity contribution is 8.00. The van der Waals surface area contributed by atoms with E-state index in [1.54, 1.807) is 42.5 Å². The zero-order chi connectivity index (χ0) is 29.5. The van der Waals surface area contributed by atoms with E-state index in [-0.39, 0.29) is 28.6 Å². The third kappa shape index (κ3) is 5.06. The lowest BCUT2D eigenvalue weighted by molar-refractivity contribution is -0.384. The number of amides is 3. The maximum atomic E-state index is 14.0. The quantitative estimate of drug-likeness (QED) is 0.169. The summed E-state index contributed by atoms with van der Waals surface area (Å²) in [6.07, 6.45) is 0. The van der Waals surface area contributed by atoms with E-state index in [1.807, 2.05) is 6.07 Å². The number of imide groups is 1. The second-order valence-electron chi connectivity index (χ2n) is 9.42. The van der Waals surface area contributed by atoms with Gasteiger partial charge in [0.05, 0.1) is 21.6 Å². The molecule has 3 aromatic carbocycles. The average molecular weight is 623 g/mol. The number of nitro benzene ring substituents is 1. The zero-order valence-corrected chi connectivity index (χ0v) is 23.7. The minimum absolute atomic E-state index is 0.181. The molecule has 3 atom stereocenters. The van der Waals surface area contributed by atoms with E-state index in [2.05, 4.69) is 10.3 Å². The third-order valence-electron chi connectivity index (χ3n) is 6.87. The third-order valence-corrected chi connectivity index (χ3v) is 9.50. The molecule has 0 spiro atoms. The Morgan fingerprint density at radius 3 is 2.50 bits per heavy atom. The summed E-state index contributed by atoms with van der Waals surface area (Å²) < 4.78 is 5.92. The number of anilines is 2. The van der Waals surface area contributed by atoms with Crippen molar-refractivity contribution in [3.8, 4) is 5.75 Å². The summed E-state index contributed by atoms with van der Waals surface area (Å²) in [5.74, 6) is -2.95. The van der Waals surface area contributed by atoms with Crippen molar-refractivity contribution < 1.29 is 24.0 Å². The number of rotatable bonds is 7. The number of para-hydroxylation sites is 1. The van der Waals surface area contributed by atoms with Gasteiger partial charge in [-0.15, -0.1) is 0 Å². The first kappa shape index (κ1) is 27.7. The number of hydrogen-bond acceptors (Lipinski definition) is 9. The maximum absolute atomic E-state index is 14.0. The van der Waals surface area contributed by atoms with E-state index >= 15 is 0 Å². The lowest BCUT2D eigenvalue weighted by Gasteiger charge is -2.31. The number of thioether (sulfide) groups is 1. The van der Waals surface area contributed by atoms with Gasteiger partial charge < -0.3 is 15.0 Å². The van der Waals surface area contributed by atoms with E-state index in [4.69, 9.17) is 16.3 Å². The van der Waals surface area contributed by atoms with E-state index in [0.29, 0.717) is 26.2 Å². The molecule has 2 aliphatic heterocycles. The number of carbonyl (C=O) groups excluding carboxylic acids is 3. The highest BCUT2D eigenvalue weighted by atomic mass is 35.5. The van der Waals surface area contributed by atoms with Crippen LogP contribution >= 0.6 is 34.7 Å². The molecular formula is C28H19ClN4O7S2. The van der Waals surface area contributed by atoms with Crippen molar-refractivity contribution in [2.45, 2.75) is 16.2 Å². The van der Waals surface area contributed by atoms with Crippen LogP contribution in [0.3, 0.4) is 0 Å². The van der Waals surface area contributed by atoms with Crippen LogP contribution in [0, 0.1) is 16.0 Å². The second kappa shape index (κ2) is 11.1. The summed E-state index contributed by atoms with van der Waals surface area (Å²) in [5, 5.41) is 13.7. The lowest BCUT2D eigenvalue weighted by Crippen LogP contribution is -2.32. The topological polar surface area (TPSA) is 152 Å². The zero-order valence-electron chi connectivity index (χ0n) is 21.3. The van der Waals surface area contributed by atoms with Crippen molar-refractivity contribution in [2.24, 2.45) is 5.92 Å². The summed E-state index contributed by atoms with van der Waals surface area (Å²) in [4.78, 5) is 67.2. The van der Waals surface area contributed by atoms with E-state index in [1.165, 1.54) is 24.3 Å². The summed E-state index contributed by atoms with van der Waals surface area (Å²) >= 11 is 8.40. The molecule has 0 bridgehead atoms. The fourth-order valence-corrected chi connectivity index (χ4v) is 7.77. The number of ether oxygens (including phenoxy) is 1. The van der Waals surface area contributed by atoms with Gasteiger partial charge in [-0.2, -0.15) is 0 Å². The van der Waals surface area contributed by atoms with Crippen LogP contribution in [-0.4, -0.2) is 39.5 Å². The number of hydrogen-bond donors (Lipinski definition) is 2. The summed E-state index contributed by atoms with van der Waals surface area (Å²) in [7, 11) is 0. The smallest absolute Gasteiger partial charge is 0.305 e. The highest BCUT2D eigenvalue weighted by Gasteiger charge is 2.57. The molecule has 0 radical (unpaired) electrons. The van der Waals surface area contributed by atoms with Gasteiger partial charge in [0.2, 0.25) is 11.8 Å². The Labute approximate surface area is 250 Å². The van der Waals surface area contributed by atoms with Crippen molar-refractivity contribution in [1.82, 2.24) is 4.98 Å². The van der Waals surface area contributed by atoms with Crippen molar-refractivity contribution in [1.29, 1.82) is 0 Å². The van der Waals surface area contributed by atoms with Gasteiger partial charge in [0.1, 0.15) is 11.0 Å². The van der Waals surface area contributed by atoms with Gasteiger partial charge >= 0.3 is 4.87 Å². The molecule has 3 heterocycles. The highest BCUT2D eigenvalue weighted by Crippen LogP contribution is 2.54. The Hall–Kier alpha value is -4.46. The number of carbonyl (C=O) groups is 3. The Bertz CT molecular complexity index is 1790. The molecule has 0 aliphatic carbocycles. The number of nitrogens with one attached hydrogen (secondary N) is 2. The van der Waals surface area contributed by atoms with Crippen LogP contribution in [-0.2, 0) is 14.4 Å². The minimum Gasteiger partial charge on any atom is -0.483 e. The Morgan fingerprint density at radius 2 is 1.79 bits per heavy atom. The van der Waals surface area contributed by atoms with Crippen LogP contribution in [0.4, 0.5) is 17.1 Å². The minimum atomic E-state index is -0.949. The van der Waals surface area contributed by atoms with Crippen LogP contribution in [0.15, 0.2) is 82.6 Å². The fraction of sp³-hybridized carbons (Fsp3) is 0.143. The first-order valence-corrected chi connectivity index (χ1v) is 14.6. The predicted molar refractivity (Wildman–Crippen MR) is 158 cm³/mol. The van der Waals surface area contributed by atoms with Gasteiger partial charge in [-0.3, -0.25) is 29.3 Å². The standard InChI is InChI=1S/C28H19ClN4O7S2/c29-14-6-11-19(40-13-20(34)30-15-4-2-1-3-5-15)18(12-14)21-22-24(41-25-23(21)42-28(37)31-25)27(36)32(26(22)35)16-7-9-17(10-8-16)33(38)39/h1-12,21-22,24H,13H2,(H,30,34)(H,31,37). The molecule has 0 saturated carbocycles. The monoisotopic (exact) mass is 622 g/mol. The number of thiazole rings is 1. The summed E-state index contributed by atoms with van der Waals surface area (Å²) in [6.45, 7) is -0.350. The molecular weight excluding hydrogens is 604 g/mol. The van der Waals surface area contributed by atoms with Crippen LogP contribution in [0.1, 0.15) is 16.4 Å². The molecule has 2 N–H and O–H groups in total. The molecule has 1 saturated heterocycles. The molecule has 1 fully saturated rings. The average Bonchev–Trinajstić information content (AvgIpc) is 3.47. The van der Waals surface area contributed by atoms with Gasteiger partial charge in [0.25, 0.3) is 11.6 Å². The van der Waals surface area contributed by atoms with Crippen LogP contribution < -0.4 is 19.8 Å². The van der Waals surface area contributed by atoms with Gasteiger partial charge in [0.15, 0.2) is 6.61 Å². The van der Waals surface area contributed by atoms with Crippen molar-refractivity contribution in [3.05, 3.63) is 108 Å². The summed E-state index contributed by atoms with van der Waals surface area (Å²) in [5.41, 5.74) is 1.05. The van der Waals surface area contributed by atoms with E-state index in [9.17, 15) is 29.3 Å². The van der Waals surface area contributed by atoms with Gasteiger partial charge in [-0.05, 0) is 42.5 Å². The molecule has 11 nitrogen and oxygen atoms in total. The van der Waals surface area contributed by atoms with Gasteiger partial charge in [0, 0.05) is 39.2 Å². The molecule has 3 amide bonds. The number of aromatic nitrogens is 1. The maximum Gasteiger partial charge on any atom is 0.305 e. The number of nitro groups is 1. The molecule has 3 unspecified atom stereocenters. The van der Waals surface area contributed by atoms with Crippen LogP contribution in [0.5, 0.6) is 5.75 Å². The van der Waals surface area contributed by atoms with Gasteiger partial charge in [-0.1, -0.05) is 52.9 Å². The number of H-pyrrole nitrogens is 1. The fourth-order valence-electron chi connectivity index (χ4n) is 5.09. The van der Waals surface area contributed by atoms with Crippen molar-refractivity contribution in [2.75, 3.05) is 16.8 Å². The molecule has 2 aliphatic rings. The number of aromatic amines is 1. The van der Waals surface area contributed by atoms with Crippen LogP contribution in [0.2, 0.25) is 5.02 Å². The largest absolute Gasteiger partial charge is 0.483 e. The number of nitrogens with zero attached hydrogens (tertiary/aromatic N) is 2. The molecule has 1 aromatic heterocycles. The molecule has 4 aromatic rings. The normalized spacial score (nSPS) is 19.3.